The zero-order chi connectivity index (χ0) is 26.9. The predicted octanol–water partition coefficient (Wildman–Crippen LogP) is 9.81. The monoisotopic (exact) mass is 521 g/mol. The molecule has 0 aliphatic carbocycles. The number of rotatable bonds is 3. The Balaban J connectivity index is 1.30. The second-order valence-electron chi connectivity index (χ2n) is 10.6. The second kappa shape index (κ2) is 8.48. The summed E-state index contributed by atoms with van der Waals surface area (Å²) in [6.45, 7) is 0. The summed E-state index contributed by atoms with van der Waals surface area (Å²) in [5.74, 6) is 0.754. The molecule has 0 spiro atoms. The van der Waals surface area contributed by atoms with Gasteiger partial charge in [-0.15, -0.1) is 0 Å². The molecule has 0 unspecified atom stereocenters. The molecule has 2 aromatic heterocycles. The number of benzene rings is 7. The van der Waals surface area contributed by atoms with Crippen LogP contribution in [-0.2, 0) is 0 Å². The fourth-order valence-electron chi connectivity index (χ4n) is 6.70. The van der Waals surface area contributed by atoms with Crippen LogP contribution in [0.3, 0.4) is 0 Å². The van der Waals surface area contributed by atoms with Crippen LogP contribution in [0.2, 0.25) is 0 Å². The van der Waals surface area contributed by atoms with Crippen molar-refractivity contribution in [1.82, 2.24) is 14.5 Å². The number of hydrogen-bond donors (Lipinski definition) is 0. The predicted molar refractivity (Wildman–Crippen MR) is 171 cm³/mol. The number of fused-ring (bicyclic) bond motifs is 3. The van der Waals surface area contributed by atoms with Crippen LogP contribution >= 0.6 is 0 Å². The highest BCUT2D eigenvalue weighted by Gasteiger charge is 2.17. The van der Waals surface area contributed by atoms with E-state index in [-0.39, 0.29) is 0 Å². The number of para-hydroxylation sites is 2. The number of nitrogens with zero attached hydrogens (tertiary/aromatic N) is 3. The molecule has 0 radical (unpaired) electrons. The molecule has 41 heavy (non-hydrogen) atoms. The van der Waals surface area contributed by atoms with E-state index in [0.29, 0.717) is 0 Å². The molecule has 2 heterocycles. The Bertz CT molecular complexity index is 2360. The normalized spacial score (nSPS) is 11.9. The van der Waals surface area contributed by atoms with Gasteiger partial charge in [0.15, 0.2) is 5.82 Å². The molecular weight excluding hydrogens is 498 g/mol. The minimum atomic E-state index is 0.754. The lowest BCUT2D eigenvalue weighted by Crippen LogP contribution is -1.95. The quantitative estimate of drug-likeness (QED) is 0.217. The molecule has 7 aromatic carbocycles. The van der Waals surface area contributed by atoms with Crippen LogP contribution in [-0.4, -0.2) is 14.5 Å². The SMILES string of the molecule is c1cnc(-c2ccc3ccc4c(-c5cccc(-n6c7ccccc7c7ccccc76)c5)ccc5ccc2c3c54)nc1. The summed E-state index contributed by atoms with van der Waals surface area (Å²) in [5, 5.41) is 10.0. The molecule has 3 heteroatoms. The maximum atomic E-state index is 4.56. The van der Waals surface area contributed by atoms with Gasteiger partial charge >= 0.3 is 0 Å². The fourth-order valence-corrected chi connectivity index (χ4v) is 6.70. The first-order valence-electron chi connectivity index (χ1n) is 13.9. The molecule has 0 aliphatic heterocycles. The maximum absolute atomic E-state index is 4.56. The smallest absolute Gasteiger partial charge is 0.159 e. The van der Waals surface area contributed by atoms with Crippen LogP contribution in [0.4, 0.5) is 0 Å². The van der Waals surface area contributed by atoms with Crippen molar-refractivity contribution < 1.29 is 0 Å². The van der Waals surface area contributed by atoms with Gasteiger partial charge in [-0.2, -0.15) is 0 Å². The molecule has 0 aliphatic rings. The topological polar surface area (TPSA) is 30.7 Å². The third-order valence-electron chi connectivity index (χ3n) is 8.47. The van der Waals surface area contributed by atoms with Crippen molar-refractivity contribution >= 4 is 54.1 Å². The Labute approximate surface area is 236 Å². The van der Waals surface area contributed by atoms with Crippen molar-refractivity contribution in [2.24, 2.45) is 0 Å². The van der Waals surface area contributed by atoms with Crippen LogP contribution in [0.15, 0.2) is 140 Å². The van der Waals surface area contributed by atoms with E-state index < -0.39 is 0 Å². The second-order valence-corrected chi connectivity index (χ2v) is 10.6. The van der Waals surface area contributed by atoms with E-state index in [1.807, 2.05) is 18.5 Å². The van der Waals surface area contributed by atoms with E-state index in [1.165, 1.54) is 65.3 Å². The minimum Gasteiger partial charge on any atom is -0.309 e. The van der Waals surface area contributed by atoms with Gasteiger partial charge in [-0.25, -0.2) is 9.97 Å². The van der Waals surface area contributed by atoms with Crippen molar-refractivity contribution in [3.8, 4) is 28.2 Å². The molecule has 190 valence electrons. The van der Waals surface area contributed by atoms with Crippen molar-refractivity contribution in [3.05, 3.63) is 140 Å². The van der Waals surface area contributed by atoms with Crippen molar-refractivity contribution in [3.63, 3.8) is 0 Å². The van der Waals surface area contributed by atoms with Gasteiger partial charge in [0.2, 0.25) is 0 Å². The first kappa shape index (κ1) is 22.3. The van der Waals surface area contributed by atoms with E-state index in [2.05, 4.69) is 136 Å². The summed E-state index contributed by atoms with van der Waals surface area (Å²) >= 11 is 0. The summed E-state index contributed by atoms with van der Waals surface area (Å²) in [6.07, 6.45) is 3.62. The summed E-state index contributed by atoms with van der Waals surface area (Å²) in [4.78, 5) is 9.12. The van der Waals surface area contributed by atoms with E-state index in [1.54, 1.807) is 0 Å². The van der Waals surface area contributed by atoms with Crippen LogP contribution < -0.4 is 0 Å². The number of aromatic nitrogens is 3. The lowest BCUT2D eigenvalue weighted by Gasteiger charge is -2.16. The van der Waals surface area contributed by atoms with Gasteiger partial charge in [0.05, 0.1) is 11.0 Å². The largest absolute Gasteiger partial charge is 0.309 e. The maximum Gasteiger partial charge on any atom is 0.159 e. The zero-order valence-corrected chi connectivity index (χ0v) is 22.1. The van der Waals surface area contributed by atoms with Crippen LogP contribution in [0, 0.1) is 0 Å². The lowest BCUT2D eigenvalue weighted by atomic mass is 9.88. The molecule has 0 atom stereocenters. The molecule has 0 fully saturated rings. The lowest BCUT2D eigenvalue weighted by molar-refractivity contribution is 1.18. The standard InChI is InChI=1S/C38H23N3/c1-3-11-34-29(9-1)30-10-2-4-12-35(30)41(34)27-8-5-7-26(23-27)28-17-13-24-15-19-32-33(38-39-21-6-22-40-38)20-16-25-14-18-31(28)36(24)37(25)32/h1-23H. The molecule has 0 saturated heterocycles. The third kappa shape index (κ3) is 3.20. The van der Waals surface area contributed by atoms with Gasteiger partial charge in [-0.3, -0.25) is 0 Å². The Hall–Kier alpha value is -5.54. The zero-order valence-electron chi connectivity index (χ0n) is 22.1. The van der Waals surface area contributed by atoms with Gasteiger partial charge in [-0.1, -0.05) is 91.0 Å². The van der Waals surface area contributed by atoms with E-state index >= 15 is 0 Å². The Morgan fingerprint density at radius 1 is 0.439 bits per heavy atom. The fraction of sp³-hybridized carbons (Fsp3) is 0. The van der Waals surface area contributed by atoms with Gasteiger partial charge in [-0.05, 0) is 79.8 Å². The molecule has 0 amide bonds. The average Bonchev–Trinajstić information content (AvgIpc) is 3.38. The van der Waals surface area contributed by atoms with E-state index in [4.69, 9.17) is 0 Å². The summed E-state index contributed by atoms with van der Waals surface area (Å²) in [5.41, 5.74) is 7.10. The first-order valence-corrected chi connectivity index (χ1v) is 13.9. The van der Waals surface area contributed by atoms with Gasteiger partial charge < -0.3 is 4.57 Å². The van der Waals surface area contributed by atoms with Crippen LogP contribution in [0.25, 0.3) is 82.3 Å². The van der Waals surface area contributed by atoms with Crippen molar-refractivity contribution in [1.29, 1.82) is 0 Å². The number of hydrogen-bond acceptors (Lipinski definition) is 2. The summed E-state index contributed by atoms with van der Waals surface area (Å²) in [7, 11) is 0. The van der Waals surface area contributed by atoms with Gasteiger partial charge in [0.25, 0.3) is 0 Å². The Morgan fingerprint density at radius 2 is 1.02 bits per heavy atom. The van der Waals surface area contributed by atoms with Crippen LogP contribution in [0.1, 0.15) is 0 Å². The highest BCUT2D eigenvalue weighted by molar-refractivity contribution is 6.27. The van der Waals surface area contributed by atoms with Crippen molar-refractivity contribution in [2.75, 3.05) is 0 Å². The molecule has 0 saturated carbocycles. The molecule has 9 aromatic rings. The molecule has 0 bridgehead atoms. The minimum absolute atomic E-state index is 0.754. The molecule has 3 nitrogen and oxygen atoms in total. The van der Waals surface area contributed by atoms with Crippen LogP contribution in [0.5, 0.6) is 0 Å². The summed E-state index contributed by atoms with van der Waals surface area (Å²) < 4.78 is 2.39. The first-order chi connectivity index (χ1) is 20.3. The van der Waals surface area contributed by atoms with E-state index in [0.717, 1.165) is 17.1 Å². The van der Waals surface area contributed by atoms with E-state index in [9.17, 15) is 0 Å². The molecule has 0 N–H and O–H groups in total. The van der Waals surface area contributed by atoms with Gasteiger partial charge in [0, 0.05) is 34.4 Å². The van der Waals surface area contributed by atoms with Gasteiger partial charge in [0.1, 0.15) is 0 Å². The Morgan fingerprint density at radius 3 is 1.71 bits per heavy atom. The highest BCUT2D eigenvalue weighted by Crippen LogP contribution is 2.42. The third-order valence-corrected chi connectivity index (χ3v) is 8.47. The molecule has 9 rings (SSSR count). The molecular formula is C38H23N3. The highest BCUT2D eigenvalue weighted by atomic mass is 15.0. The van der Waals surface area contributed by atoms with Crippen molar-refractivity contribution in [2.45, 2.75) is 0 Å². The Kier molecular flexibility index (Phi) is 4.61. The summed E-state index contributed by atoms with van der Waals surface area (Å²) in [6, 6.07) is 46.0. The average molecular weight is 522 g/mol.